The van der Waals surface area contributed by atoms with Crippen molar-refractivity contribution >= 4 is 27.8 Å². The molecule has 1 fully saturated rings. The molecule has 0 N–H and O–H groups in total. The summed E-state index contributed by atoms with van der Waals surface area (Å²) < 4.78 is 31.0. The Labute approximate surface area is 146 Å². The molecule has 0 spiro atoms. The number of amides is 2. The molecule has 0 unspecified atom stereocenters. The number of likely N-dealkylation sites (tertiary alicyclic amines) is 1. The van der Waals surface area contributed by atoms with Crippen molar-refractivity contribution in [2.45, 2.75) is 31.1 Å². The fourth-order valence-corrected chi connectivity index (χ4v) is 3.72. The molecule has 8 nitrogen and oxygen atoms in total. The molecular formula is C16H20N2O6S. The number of benzene rings is 1. The van der Waals surface area contributed by atoms with Gasteiger partial charge in [0, 0.05) is 12.8 Å². The molecule has 9 heteroatoms. The number of nitrogens with zero attached hydrogens (tertiary/aromatic N) is 2. The largest absolute Gasteiger partial charge is 0.468 e. The zero-order valence-electron chi connectivity index (χ0n) is 14.1. The Morgan fingerprint density at radius 2 is 1.72 bits per heavy atom. The zero-order chi connectivity index (χ0) is 18.6. The number of aryl methyl sites for hydroxylation is 1. The van der Waals surface area contributed by atoms with Gasteiger partial charge in [0.15, 0.2) is 0 Å². The van der Waals surface area contributed by atoms with Crippen molar-refractivity contribution in [2.24, 2.45) is 0 Å². The van der Waals surface area contributed by atoms with Gasteiger partial charge in [0.1, 0.15) is 6.54 Å². The molecule has 136 valence electrons. The van der Waals surface area contributed by atoms with Gasteiger partial charge in [-0.05, 0) is 25.5 Å². The van der Waals surface area contributed by atoms with Gasteiger partial charge in [0.2, 0.25) is 21.8 Å². The normalized spacial score (nSPS) is 15.6. The molecule has 0 saturated carbocycles. The number of hydrogen-bond acceptors (Lipinski definition) is 6. The monoisotopic (exact) mass is 368 g/mol. The molecule has 2 amide bonds. The number of rotatable bonds is 6. The van der Waals surface area contributed by atoms with Crippen LogP contribution in [0.5, 0.6) is 0 Å². The van der Waals surface area contributed by atoms with Crippen molar-refractivity contribution in [1.29, 1.82) is 0 Å². The minimum absolute atomic E-state index is 0.0288. The van der Waals surface area contributed by atoms with Gasteiger partial charge in [0.25, 0.3) is 0 Å². The first kappa shape index (κ1) is 19.1. The van der Waals surface area contributed by atoms with E-state index in [0.717, 1.165) is 21.9 Å². The van der Waals surface area contributed by atoms with Crippen LogP contribution in [0.3, 0.4) is 0 Å². The van der Waals surface area contributed by atoms with Crippen molar-refractivity contribution in [2.75, 3.05) is 20.3 Å². The highest BCUT2D eigenvalue weighted by molar-refractivity contribution is 7.89. The van der Waals surface area contributed by atoms with Gasteiger partial charge in [-0.2, -0.15) is 4.31 Å². The number of ether oxygens (including phenoxy) is 1. The number of piperidine rings is 1. The van der Waals surface area contributed by atoms with Crippen LogP contribution in [0.4, 0.5) is 0 Å². The van der Waals surface area contributed by atoms with Gasteiger partial charge < -0.3 is 4.74 Å². The molecule has 1 aliphatic heterocycles. The summed E-state index contributed by atoms with van der Waals surface area (Å²) in [6.45, 7) is 0.709. The summed E-state index contributed by atoms with van der Waals surface area (Å²) >= 11 is 0. The predicted molar refractivity (Wildman–Crippen MR) is 87.7 cm³/mol. The van der Waals surface area contributed by atoms with Crippen molar-refractivity contribution < 1.29 is 27.5 Å². The number of hydrogen-bond donors (Lipinski definition) is 0. The lowest BCUT2D eigenvalue weighted by molar-refractivity contribution is -0.151. The summed E-state index contributed by atoms with van der Waals surface area (Å²) in [4.78, 5) is 36.4. The number of esters is 1. The fourth-order valence-electron chi connectivity index (χ4n) is 2.39. The van der Waals surface area contributed by atoms with Crippen molar-refractivity contribution in [1.82, 2.24) is 9.21 Å². The van der Waals surface area contributed by atoms with E-state index in [0.29, 0.717) is 6.42 Å². The van der Waals surface area contributed by atoms with Gasteiger partial charge in [-0.1, -0.05) is 17.7 Å². The average molecular weight is 368 g/mol. The highest BCUT2D eigenvalue weighted by atomic mass is 32.2. The van der Waals surface area contributed by atoms with E-state index in [4.69, 9.17) is 0 Å². The maximum atomic E-state index is 12.9. The summed E-state index contributed by atoms with van der Waals surface area (Å²) in [7, 11) is -2.95. The topological polar surface area (TPSA) is 101 Å². The Hall–Kier alpha value is -2.26. The Bertz CT molecular complexity index is 756. The van der Waals surface area contributed by atoms with Gasteiger partial charge in [-0.25, -0.2) is 8.42 Å². The SMILES string of the molecule is COC(=O)CN(CN1C(=O)CCCC1=O)S(=O)(=O)c1ccc(C)cc1. The first-order chi connectivity index (χ1) is 11.8. The Morgan fingerprint density at radius 1 is 1.16 bits per heavy atom. The Morgan fingerprint density at radius 3 is 2.24 bits per heavy atom. The summed E-state index contributed by atoms with van der Waals surface area (Å²) in [5.41, 5.74) is 0.875. The van der Waals surface area contributed by atoms with E-state index < -0.39 is 41.0 Å². The molecule has 0 aliphatic carbocycles. The predicted octanol–water partition coefficient (Wildman–Crippen LogP) is 0.655. The van der Waals surface area contributed by atoms with Crippen LogP contribution in [-0.4, -0.2) is 55.7 Å². The molecular weight excluding hydrogens is 348 g/mol. The molecule has 0 atom stereocenters. The van der Waals surface area contributed by atoms with Crippen molar-refractivity contribution in [3.63, 3.8) is 0 Å². The first-order valence-electron chi connectivity index (χ1n) is 7.72. The molecule has 0 bridgehead atoms. The van der Waals surface area contributed by atoms with Crippen LogP contribution in [0.25, 0.3) is 0 Å². The van der Waals surface area contributed by atoms with Gasteiger partial charge in [0.05, 0.1) is 18.7 Å². The lowest BCUT2D eigenvalue weighted by Crippen LogP contribution is -2.50. The first-order valence-corrected chi connectivity index (χ1v) is 9.16. The summed E-state index contributed by atoms with van der Waals surface area (Å²) in [5, 5.41) is 0. The maximum Gasteiger partial charge on any atom is 0.321 e. The number of carbonyl (C=O) groups excluding carboxylic acids is 3. The quantitative estimate of drug-likeness (QED) is 0.540. The number of methoxy groups -OCH3 is 1. The number of sulfonamides is 1. The van der Waals surface area contributed by atoms with Crippen LogP contribution in [0.15, 0.2) is 29.2 Å². The second kappa shape index (κ2) is 7.75. The molecule has 0 radical (unpaired) electrons. The van der Waals surface area contributed by atoms with Crippen LogP contribution < -0.4 is 0 Å². The Balaban J connectivity index is 2.34. The molecule has 0 aromatic heterocycles. The van der Waals surface area contributed by atoms with E-state index in [1.54, 1.807) is 12.1 Å². The van der Waals surface area contributed by atoms with Crippen LogP contribution in [0.1, 0.15) is 24.8 Å². The minimum Gasteiger partial charge on any atom is -0.468 e. The smallest absolute Gasteiger partial charge is 0.321 e. The van der Waals surface area contributed by atoms with E-state index in [1.807, 2.05) is 6.92 Å². The maximum absolute atomic E-state index is 12.9. The van der Waals surface area contributed by atoms with Crippen molar-refractivity contribution in [3.8, 4) is 0 Å². The van der Waals surface area contributed by atoms with E-state index in [-0.39, 0.29) is 17.7 Å². The second-order valence-corrected chi connectivity index (χ2v) is 7.65. The lowest BCUT2D eigenvalue weighted by Gasteiger charge is -2.30. The summed E-state index contributed by atoms with van der Waals surface area (Å²) in [6, 6.07) is 6.07. The third-order valence-corrected chi connectivity index (χ3v) is 5.67. The zero-order valence-corrected chi connectivity index (χ0v) is 14.9. The summed E-state index contributed by atoms with van der Waals surface area (Å²) in [5.74, 6) is -1.69. The van der Waals surface area contributed by atoms with E-state index in [9.17, 15) is 22.8 Å². The molecule has 1 aromatic carbocycles. The third kappa shape index (κ3) is 4.43. The third-order valence-electron chi connectivity index (χ3n) is 3.87. The van der Waals surface area contributed by atoms with E-state index >= 15 is 0 Å². The van der Waals surface area contributed by atoms with E-state index in [2.05, 4.69) is 4.74 Å². The molecule has 1 aromatic rings. The minimum atomic E-state index is -4.08. The van der Waals surface area contributed by atoms with Crippen LogP contribution >= 0.6 is 0 Å². The molecule has 2 rings (SSSR count). The molecule has 1 heterocycles. The van der Waals surface area contributed by atoms with Crippen LogP contribution in [0, 0.1) is 6.92 Å². The fraction of sp³-hybridized carbons (Fsp3) is 0.438. The highest BCUT2D eigenvalue weighted by Gasteiger charge is 2.34. The average Bonchev–Trinajstić information content (AvgIpc) is 2.57. The lowest BCUT2D eigenvalue weighted by atomic mass is 10.1. The number of imide groups is 1. The van der Waals surface area contributed by atoms with Gasteiger partial charge in [-0.3, -0.25) is 19.3 Å². The van der Waals surface area contributed by atoms with Gasteiger partial charge in [-0.15, -0.1) is 0 Å². The highest BCUT2D eigenvalue weighted by Crippen LogP contribution is 2.19. The summed E-state index contributed by atoms with van der Waals surface area (Å²) in [6.07, 6.45) is 0.778. The van der Waals surface area contributed by atoms with Gasteiger partial charge >= 0.3 is 5.97 Å². The molecule has 1 aliphatic rings. The molecule has 25 heavy (non-hydrogen) atoms. The second-order valence-electron chi connectivity index (χ2n) is 5.71. The van der Waals surface area contributed by atoms with Crippen LogP contribution in [0.2, 0.25) is 0 Å². The van der Waals surface area contributed by atoms with E-state index in [1.165, 1.54) is 12.1 Å². The number of carbonyl (C=O) groups is 3. The standard InChI is InChI=1S/C16H20N2O6S/c1-12-6-8-13(9-7-12)25(22,23)17(10-16(21)24-2)11-18-14(19)4-3-5-15(18)20/h6-9H,3-5,10-11H2,1-2H3. The van der Waals surface area contributed by atoms with Crippen LogP contribution in [-0.2, 0) is 29.1 Å². The molecule has 1 saturated heterocycles. The Kier molecular flexibility index (Phi) is 5.91. The van der Waals surface area contributed by atoms with Crippen molar-refractivity contribution in [3.05, 3.63) is 29.8 Å².